The Bertz CT molecular complexity index is 674. The lowest BCUT2D eigenvalue weighted by molar-refractivity contribution is 0.381. The summed E-state index contributed by atoms with van der Waals surface area (Å²) in [6, 6.07) is 8.16. The van der Waals surface area contributed by atoms with Gasteiger partial charge in [-0.1, -0.05) is 23.4 Å². The summed E-state index contributed by atoms with van der Waals surface area (Å²) in [6.07, 6.45) is 4.05. The highest BCUT2D eigenvalue weighted by atomic mass is 16.5. The van der Waals surface area contributed by atoms with E-state index < -0.39 is 0 Å². The average Bonchev–Trinajstić information content (AvgIpc) is 3.11. The molecule has 6 nitrogen and oxygen atoms in total. The number of rotatable bonds is 5. The van der Waals surface area contributed by atoms with Crippen molar-refractivity contribution >= 4 is 5.69 Å². The second-order valence-electron chi connectivity index (χ2n) is 4.44. The fraction of sp³-hybridized carbons (Fsp3) is 0.214. The van der Waals surface area contributed by atoms with Crippen LogP contribution in [-0.4, -0.2) is 26.7 Å². The van der Waals surface area contributed by atoms with Crippen molar-refractivity contribution in [2.45, 2.75) is 13.3 Å². The molecule has 0 aliphatic heterocycles. The minimum Gasteiger partial charge on any atom is -0.384 e. The molecule has 2 N–H and O–H groups in total. The summed E-state index contributed by atoms with van der Waals surface area (Å²) in [7, 11) is 0. The van der Waals surface area contributed by atoms with E-state index in [1.54, 1.807) is 12.4 Å². The van der Waals surface area contributed by atoms with Crippen LogP contribution in [0.25, 0.3) is 11.6 Å². The topological polar surface area (TPSA) is 79.6 Å². The number of imidazole rings is 1. The Balaban J connectivity index is 1.58. The lowest BCUT2D eigenvalue weighted by atomic mass is 10.2. The fourth-order valence-corrected chi connectivity index (χ4v) is 1.92. The van der Waals surface area contributed by atoms with Crippen molar-refractivity contribution in [1.29, 1.82) is 0 Å². The van der Waals surface area contributed by atoms with Crippen LogP contribution in [0.15, 0.2) is 41.2 Å². The van der Waals surface area contributed by atoms with Crippen LogP contribution in [0.3, 0.4) is 0 Å². The molecule has 6 heteroatoms. The van der Waals surface area contributed by atoms with E-state index >= 15 is 0 Å². The molecule has 0 saturated heterocycles. The van der Waals surface area contributed by atoms with E-state index in [9.17, 15) is 0 Å². The van der Waals surface area contributed by atoms with Gasteiger partial charge in [0.15, 0.2) is 5.82 Å². The van der Waals surface area contributed by atoms with Gasteiger partial charge >= 0.3 is 0 Å². The molecule has 0 aliphatic carbocycles. The third-order valence-corrected chi connectivity index (χ3v) is 2.98. The van der Waals surface area contributed by atoms with Gasteiger partial charge < -0.3 is 14.8 Å². The Morgan fingerprint density at radius 1 is 1.30 bits per heavy atom. The average molecular weight is 269 g/mol. The monoisotopic (exact) mass is 269 g/mol. The summed E-state index contributed by atoms with van der Waals surface area (Å²) in [5, 5.41) is 7.25. The Hall–Kier alpha value is -2.63. The largest absolute Gasteiger partial charge is 0.384 e. The predicted octanol–water partition coefficient (Wildman–Crippen LogP) is 2.42. The molecule has 1 aromatic carbocycles. The van der Waals surface area contributed by atoms with Crippen LogP contribution in [0.1, 0.15) is 11.5 Å². The van der Waals surface area contributed by atoms with E-state index in [2.05, 4.69) is 44.5 Å². The van der Waals surface area contributed by atoms with Crippen LogP contribution in [0.2, 0.25) is 0 Å². The third-order valence-electron chi connectivity index (χ3n) is 2.98. The van der Waals surface area contributed by atoms with Crippen LogP contribution >= 0.6 is 0 Å². The molecule has 3 aromatic rings. The normalized spacial score (nSPS) is 10.7. The van der Waals surface area contributed by atoms with E-state index in [4.69, 9.17) is 4.52 Å². The Labute approximate surface area is 116 Å². The molecule has 0 bridgehead atoms. The van der Waals surface area contributed by atoms with Gasteiger partial charge in [0.2, 0.25) is 11.7 Å². The molecule has 0 aliphatic rings. The summed E-state index contributed by atoms with van der Waals surface area (Å²) >= 11 is 0. The summed E-state index contributed by atoms with van der Waals surface area (Å²) < 4.78 is 5.20. The van der Waals surface area contributed by atoms with Gasteiger partial charge in [0.05, 0.1) is 0 Å². The standard InChI is InChI=1S/C14H15N5O/c1-10-4-2-3-5-11(10)15-7-6-12-18-14(19-20-12)13-16-8-9-17-13/h2-5,8-9,15H,6-7H2,1H3,(H,16,17). The molecule has 0 saturated carbocycles. The van der Waals surface area contributed by atoms with Crippen molar-refractivity contribution in [3.63, 3.8) is 0 Å². The zero-order chi connectivity index (χ0) is 13.8. The van der Waals surface area contributed by atoms with Gasteiger partial charge in [-0.25, -0.2) is 4.98 Å². The number of nitrogens with zero attached hydrogens (tertiary/aromatic N) is 3. The zero-order valence-corrected chi connectivity index (χ0v) is 11.1. The number of hydrogen-bond donors (Lipinski definition) is 2. The first-order chi connectivity index (χ1) is 9.83. The SMILES string of the molecule is Cc1ccccc1NCCc1nc(-c2ncc[nH]2)no1. The van der Waals surface area contributed by atoms with Gasteiger partial charge in [0.25, 0.3) is 0 Å². The summed E-state index contributed by atoms with van der Waals surface area (Å²) in [5.74, 6) is 1.70. The molecule has 2 heterocycles. The Kier molecular flexibility index (Phi) is 3.45. The predicted molar refractivity (Wildman–Crippen MR) is 75.3 cm³/mol. The molecule has 0 unspecified atom stereocenters. The van der Waals surface area contributed by atoms with Crippen LogP contribution in [0.4, 0.5) is 5.69 Å². The number of aryl methyl sites for hydroxylation is 1. The van der Waals surface area contributed by atoms with Gasteiger partial charge in [0, 0.05) is 31.0 Å². The highest BCUT2D eigenvalue weighted by molar-refractivity contribution is 5.50. The van der Waals surface area contributed by atoms with Crippen molar-refractivity contribution < 1.29 is 4.52 Å². The third kappa shape index (κ3) is 2.69. The minimum atomic E-state index is 0.487. The maximum absolute atomic E-state index is 5.20. The van der Waals surface area contributed by atoms with Crippen molar-refractivity contribution in [3.05, 3.63) is 48.1 Å². The summed E-state index contributed by atoms with van der Waals surface area (Å²) in [5.41, 5.74) is 2.34. The first-order valence-corrected chi connectivity index (χ1v) is 6.45. The van der Waals surface area contributed by atoms with Crippen LogP contribution < -0.4 is 5.32 Å². The van der Waals surface area contributed by atoms with Crippen LogP contribution in [0.5, 0.6) is 0 Å². The molecule has 0 spiro atoms. The lowest BCUT2D eigenvalue weighted by Gasteiger charge is -2.07. The number of para-hydroxylation sites is 1. The van der Waals surface area contributed by atoms with Crippen LogP contribution in [0, 0.1) is 6.92 Å². The van der Waals surface area contributed by atoms with Gasteiger partial charge in [-0.05, 0) is 18.6 Å². The molecule has 3 rings (SSSR count). The maximum Gasteiger partial charge on any atom is 0.238 e. The first-order valence-electron chi connectivity index (χ1n) is 6.45. The van der Waals surface area contributed by atoms with Gasteiger partial charge in [0.1, 0.15) is 0 Å². The molecule has 102 valence electrons. The Morgan fingerprint density at radius 3 is 3.00 bits per heavy atom. The molecular weight excluding hydrogens is 254 g/mol. The molecular formula is C14H15N5O. The maximum atomic E-state index is 5.20. The van der Waals surface area contributed by atoms with E-state index in [1.807, 2.05) is 12.1 Å². The Morgan fingerprint density at radius 2 is 2.20 bits per heavy atom. The molecule has 20 heavy (non-hydrogen) atoms. The molecule has 0 atom stereocenters. The van der Waals surface area contributed by atoms with E-state index in [0.29, 0.717) is 24.0 Å². The molecule has 0 radical (unpaired) electrons. The zero-order valence-electron chi connectivity index (χ0n) is 11.1. The number of benzene rings is 1. The van der Waals surface area contributed by atoms with Gasteiger partial charge in [-0.3, -0.25) is 0 Å². The summed E-state index contributed by atoms with van der Waals surface area (Å²) in [4.78, 5) is 11.3. The lowest BCUT2D eigenvalue weighted by Crippen LogP contribution is -2.06. The van der Waals surface area contributed by atoms with Gasteiger partial charge in [-0.15, -0.1) is 0 Å². The van der Waals surface area contributed by atoms with Crippen LogP contribution in [-0.2, 0) is 6.42 Å². The number of nitrogens with one attached hydrogen (secondary N) is 2. The number of aromatic nitrogens is 4. The van der Waals surface area contributed by atoms with Crippen molar-refractivity contribution in [1.82, 2.24) is 20.1 Å². The van der Waals surface area contributed by atoms with Gasteiger partial charge in [-0.2, -0.15) is 4.98 Å². The number of aromatic amines is 1. The molecule has 2 aromatic heterocycles. The van der Waals surface area contributed by atoms with Crippen molar-refractivity contribution in [2.24, 2.45) is 0 Å². The van der Waals surface area contributed by atoms with Crippen molar-refractivity contribution in [2.75, 3.05) is 11.9 Å². The molecule has 0 fully saturated rings. The quantitative estimate of drug-likeness (QED) is 0.743. The fourth-order valence-electron chi connectivity index (χ4n) is 1.92. The van der Waals surface area contributed by atoms with E-state index in [1.165, 1.54) is 5.56 Å². The number of H-pyrrole nitrogens is 1. The minimum absolute atomic E-state index is 0.487. The molecule has 0 amide bonds. The van der Waals surface area contributed by atoms with Crippen molar-refractivity contribution in [3.8, 4) is 11.6 Å². The summed E-state index contributed by atoms with van der Waals surface area (Å²) in [6.45, 7) is 2.81. The second-order valence-corrected chi connectivity index (χ2v) is 4.44. The highest BCUT2D eigenvalue weighted by Crippen LogP contribution is 2.13. The highest BCUT2D eigenvalue weighted by Gasteiger charge is 2.09. The smallest absolute Gasteiger partial charge is 0.238 e. The van der Waals surface area contributed by atoms with E-state index in [0.717, 1.165) is 12.2 Å². The number of anilines is 1. The second kappa shape index (κ2) is 5.56. The first kappa shape index (κ1) is 12.4. The number of hydrogen-bond acceptors (Lipinski definition) is 5. The van der Waals surface area contributed by atoms with E-state index in [-0.39, 0.29) is 0 Å².